The molecule has 5 rings (SSSR count). The lowest BCUT2D eigenvalue weighted by atomic mass is 10.1. The van der Waals surface area contributed by atoms with Crippen molar-refractivity contribution in [3.05, 3.63) is 131 Å². The van der Waals surface area contributed by atoms with Crippen LogP contribution in [0.5, 0.6) is 0 Å². The van der Waals surface area contributed by atoms with E-state index in [0.29, 0.717) is 5.56 Å². The van der Waals surface area contributed by atoms with Crippen molar-refractivity contribution in [2.45, 2.75) is 0 Å². The molecule has 0 fully saturated rings. The maximum absolute atomic E-state index is 12.8. The summed E-state index contributed by atoms with van der Waals surface area (Å²) in [5.74, 6) is -0.268. The van der Waals surface area contributed by atoms with Gasteiger partial charge in [-0.15, -0.1) is 0 Å². The second kappa shape index (κ2) is 11.3. The zero-order valence-electron chi connectivity index (χ0n) is 21.2. The minimum absolute atomic E-state index is 0.268. The van der Waals surface area contributed by atoms with Gasteiger partial charge in [-0.1, -0.05) is 66.7 Å². The number of nitrogens with one attached hydrogen (secondary N) is 1. The molecule has 0 saturated heterocycles. The van der Waals surface area contributed by atoms with Crippen molar-refractivity contribution in [1.29, 1.82) is 0 Å². The highest BCUT2D eigenvalue weighted by Crippen LogP contribution is 2.32. The van der Waals surface area contributed by atoms with Crippen LogP contribution in [0.2, 0.25) is 0 Å². The number of amides is 1. The van der Waals surface area contributed by atoms with Gasteiger partial charge in [0.05, 0.1) is 23.3 Å². The highest BCUT2D eigenvalue weighted by atomic mass is 79.9. The van der Waals surface area contributed by atoms with Crippen molar-refractivity contribution >= 4 is 33.7 Å². The normalized spacial score (nSPS) is 11.0. The predicted molar refractivity (Wildman–Crippen MR) is 160 cm³/mol. The van der Waals surface area contributed by atoms with Crippen LogP contribution in [0.25, 0.3) is 28.2 Å². The largest absolute Gasteiger partial charge is 0.377 e. The van der Waals surface area contributed by atoms with Crippen molar-refractivity contribution in [3.8, 4) is 28.2 Å². The molecule has 188 valence electrons. The maximum atomic E-state index is 12.8. The van der Waals surface area contributed by atoms with E-state index in [1.165, 1.54) is 0 Å². The molecule has 6 heteroatoms. The van der Waals surface area contributed by atoms with Crippen LogP contribution in [0.15, 0.2) is 125 Å². The third-order valence-corrected chi connectivity index (χ3v) is 6.88. The van der Waals surface area contributed by atoms with Crippen LogP contribution < -0.4 is 10.3 Å². The summed E-state index contributed by atoms with van der Waals surface area (Å²) in [5.41, 5.74) is 10.5. The summed E-state index contributed by atoms with van der Waals surface area (Å²) in [4.78, 5) is 14.8. The molecule has 4 aromatic carbocycles. The molecule has 0 aliphatic carbocycles. The number of benzene rings is 4. The standard InChI is InChI=1S/C32H27BrN4O/c1-36(2)31-18-13-23(21-28(31)33)22-34-35-32(38)26-14-16-27(17-15-26)37-29(24-9-5-3-6-10-24)19-20-30(37)25-11-7-4-8-12-25/h3-22H,1-2H3,(H,35,38)/b34-22-. The lowest BCUT2D eigenvalue weighted by Crippen LogP contribution is -2.17. The summed E-state index contributed by atoms with van der Waals surface area (Å²) >= 11 is 3.58. The van der Waals surface area contributed by atoms with Crippen LogP contribution in [-0.4, -0.2) is 30.8 Å². The molecule has 0 bridgehead atoms. The molecular weight excluding hydrogens is 536 g/mol. The van der Waals surface area contributed by atoms with Gasteiger partial charge in [0.2, 0.25) is 0 Å². The Morgan fingerprint density at radius 3 is 1.89 bits per heavy atom. The molecular formula is C32H27BrN4O. The average Bonchev–Trinajstić information content (AvgIpc) is 3.39. The monoisotopic (exact) mass is 562 g/mol. The van der Waals surface area contributed by atoms with E-state index in [9.17, 15) is 4.79 Å². The lowest BCUT2D eigenvalue weighted by molar-refractivity contribution is 0.0955. The Hall–Kier alpha value is -4.42. The predicted octanol–water partition coefficient (Wildman–Crippen LogP) is 7.40. The topological polar surface area (TPSA) is 49.6 Å². The summed E-state index contributed by atoms with van der Waals surface area (Å²) in [6, 6.07) is 38.4. The minimum atomic E-state index is -0.268. The van der Waals surface area contributed by atoms with E-state index in [-0.39, 0.29) is 5.91 Å². The third kappa shape index (κ3) is 5.45. The van der Waals surface area contributed by atoms with Crippen LogP contribution in [0, 0.1) is 0 Å². The number of carbonyl (C=O) groups excluding carboxylic acids is 1. The molecule has 1 heterocycles. The summed E-state index contributed by atoms with van der Waals surface area (Å²) < 4.78 is 3.18. The molecule has 0 atom stereocenters. The first-order chi connectivity index (χ1) is 18.5. The fourth-order valence-corrected chi connectivity index (χ4v) is 5.09. The molecule has 0 aliphatic heterocycles. The van der Waals surface area contributed by atoms with Crippen LogP contribution >= 0.6 is 15.9 Å². The van der Waals surface area contributed by atoms with Gasteiger partial charge in [-0.25, -0.2) is 5.43 Å². The van der Waals surface area contributed by atoms with Gasteiger partial charge in [0.1, 0.15) is 0 Å². The molecule has 0 radical (unpaired) electrons. The van der Waals surface area contributed by atoms with Gasteiger partial charge < -0.3 is 9.47 Å². The van der Waals surface area contributed by atoms with E-state index in [2.05, 4.69) is 67.4 Å². The van der Waals surface area contributed by atoms with E-state index < -0.39 is 0 Å². The van der Waals surface area contributed by atoms with Gasteiger partial charge in [-0.2, -0.15) is 5.10 Å². The van der Waals surface area contributed by atoms with Crippen LogP contribution in [0.1, 0.15) is 15.9 Å². The van der Waals surface area contributed by atoms with Gasteiger partial charge in [-0.3, -0.25) is 4.79 Å². The second-order valence-corrected chi connectivity index (χ2v) is 9.88. The fraction of sp³-hybridized carbons (Fsp3) is 0.0625. The number of aromatic nitrogens is 1. The van der Waals surface area contributed by atoms with Gasteiger partial charge in [0, 0.05) is 29.8 Å². The van der Waals surface area contributed by atoms with E-state index in [4.69, 9.17) is 0 Å². The molecule has 1 N–H and O–H groups in total. The average molecular weight is 563 g/mol. The number of halogens is 1. The second-order valence-electron chi connectivity index (χ2n) is 9.02. The summed E-state index contributed by atoms with van der Waals surface area (Å²) in [7, 11) is 3.97. The van der Waals surface area contributed by atoms with Crippen LogP contribution in [0.3, 0.4) is 0 Å². The van der Waals surface area contributed by atoms with Gasteiger partial charge in [0.15, 0.2) is 0 Å². The van der Waals surface area contributed by atoms with Crippen molar-refractivity contribution in [1.82, 2.24) is 9.99 Å². The molecule has 5 aromatic rings. The zero-order chi connectivity index (χ0) is 26.5. The SMILES string of the molecule is CN(C)c1ccc(/C=N\NC(=O)c2ccc(-n3c(-c4ccccc4)ccc3-c3ccccc3)cc2)cc1Br. The summed E-state index contributed by atoms with van der Waals surface area (Å²) in [6.45, 7) is 0. The Kier molecular flexibility index (Phi) is 7.52. The van der Waals surface area contributed by atoms with Gasteiger partial charge in [-0.05, 0) is 81.2 Å². The van der Waals surface area contributed by atoms with Crippen molar-refractivity contribution in [3.63, 3.8) is 0 Å². The number of hydrogen-bond donors (Lipinski definition) is 1. The van der Waals surface area contributed by atoms with E-state index >= 15 is 0 Å². The number of rotatable bonds is 7. The molecule has 38 heavy (non-hydrogen) atoms. The van der Waals surface area contributed by atoms with Crippen molar-refractivity contribution < 1.29 is 4.79 Å². The van der Waals surface area contributed by atoms with E-state index in [1.54, 1.807) is 6.21 Å². The van der Waals surface area contributed by atoms with Crippen LogP contribution in [-0.2, 0) is 0 Å². The van der Waals surface area contributed by atoms with Crippen molar-refractivity contribution in [2.24, 2.45) is 5.10 Å². The van der Waals surface area contributed by atoms with Gasteiger partial charge in [0.25, 0.3) is 5.91 Å². The molecule has 0 saturated carbocycles. The first kappa shape index (κ1) is 25.2. The quantitative estimate of drug-likeness (QED) is 0.166. The first-order valence-corrected chi connectivity index (χ1v) is 13.0. The first-order valence-electron chi connectivity index (χ1n) is 12.2. The molecule has 1 amide bonds. The Balaban J connectivity index is 1.38. The van der Waals surface area contributed by atoms with Crippen molar-refractivity contribution in [2.75, 3.05) is 19.0 Å². The van der Waals surface area contributed by atoms with Crippen LogP contribution in [0.4, 0.5) is 5.69 Å². The highest BCUT2D eigenvalue weighted by molar-refractivity contribution is 9.10. The fourth-order valence-electron chi connectivity index (χ4n) is 4.34. The minimum Gasteiger partial charge on any atom is -0.377 e. The number of nitrogens with zero attached hydrogens (tertiary/aromatic N) is 3. The molecule has 0 spiro atoms. The number of carbonyl (C=O) groups is 1. The van der Waals surface area contributed by atoms with E-state index in [0.717, 1.165) is 43.9 Å². The lowest BCUT2D eigenvalue weighted by Gasteiger charge is -2.15. The number of hydrazone groups is 1. The Morgan fingerprint density at radius 2 is 1.37 bits per heavy atom. The summed E-state index contributed by atoms with van der Waals surface area (Å²) in [6.07, 6.45) is 1.63. The number of anilines is 1. The smallest absolute Gasteiger partial charge is 0.271 e. The highest BCUT2D eigenvalue weighted by Gasteiger charge is 2.14. The molecule has 1 aromatic heterocycles. The Morgan fingerprint density at radius 1 is 0.789 bits per heavy atom. The van der Waals surface area contributed by atoms with E-state index in [1.807, 2.05) is 97.9 Å². The molecule has 0 unspecified atom stereocenters. The third-order valence-electron chi connectivity index (χ3n) is 6.24. The maximum Gasteiger partial charge on any atom is 0.271 e. The Bertz CT molecular complexity index is 1520. The summed E-state index contributed by atoms with van der Waals surface area (Å²) in [5, 5.41) is 4.15. The van der Waals surface area contributed by atoms with Gasteiger partial charge >= 0.3 is 0 Å². The molecule has 0 aliphatic rings. The number of hydrogen-bond acceptors (Lipinski definition) is 3. The zero-order valence-corrected chi connectivity index (χ0v) is 22.8. The Labute approximate surface area is 231 Å². The molecule has 5 nitrogen and oxygen atoms in total.